The molecule has 0 spiro atoms. The van der Waals surface area contributed by atoms with Gasteiger partial charge >= 0.3 is 0 Å². The average molecular weight is 159 g/mol. The van der Waals surface area contributed by atoms with Gasteiger partial charge < -0.3 is 9.84 Å². The molecule has 3 heteroatoms. The molecule has 0 saturated carbocycles. The van der Waals surface area contributed by atoms with Crippen LogP contribution in [0.3, 0.4) is 0 Å². The predicted molar refractivity (Wildman–Crippen MR) is 43.6 cm³/mol. The molecule has 0 aromatic rings. The maximum Gasteiger partial charge on any atom is 0.0610 e. The van der Waals surface area contributed by atoms with E-state index in [9.17, 15) is 0 Å². The van der Waals surface area contributed by atoms with E-state index in [1.807, 2.05) is 0 Å². The van der Waals surface area contributed by atoms with Crippen molar-refractivity contribution >= 4 is 0 Å². The Hall–Kier alpha value is -0.120. The van der Waals surface area contributed by atoms with Gasteiger partial charge in [-0.25, -0.2) is 0 Å². The van der Waals surface area contributed by atoms with Crippen molar-refractivity contribution in [2.24, 2.45) is 0 Å². The van der Waals surface area contributed by atoms with E-state index in [0.29, 0.717) is 0 Å². The van der Waals surface area contributed by atoms with E-state index in [1.54, 1.807) is 0 Å². The van der Waals surface area contributed by atoms with E-state index in [1.165, 1.54) is 0 Å². The molecule has 66 valence electrons. The van der Waals surface area contributed by atoms with Crippen molar-refractivity contribution in [3.63, 3.8) is 0 Å². The number of hydrogen-bond donors (Lipinski definition) is 1. The zero-order valence-electron chi connectivity index (χ0n) is 7.34. The van der Waals surface area contributed by atoms with Gasteiger partial charge in [0.15, 0.2) is 0 Å². The number of nitrogens with zero attached hydrogens (tertiary/aromatic N) is 1. The minimum Gasteiger partial charge on any atom is -0.394 e. The van der Waals surface area contributed by atoms with Gasteiger partial charge in [0.05, 0.1) is 19.8 Å². The Morgan fingerprint density at radius 1 is 1.36 bits per heavy atom. The van der Waals surface area contributed by atoms with E-state index < -0.39 is 0 Å². The minimum absolute atomic E-state index is 0.0796. The fraction of sp³-hybridized carbons (Fsp3) is 1.00. The smallest absolute Gasteiger partial charge is 0.0610 e. The van der Waals surface area contributed by atoms with Gasteiger partial charge in [0.2, 0.25) is 0 Å². The van der Waals surface area contributed by atoms with Crippen LogP contribution in [0.15, 0.2) is 0 Å². The first-order chi connectivity index (χ1) is 5.17. The Morgan fingerprint density at radius 2 is 1.91 bits per heavy atom. The standard InChI is InChI=1S/C8H17NO2/c1-8(2,7-10)9-3-5-11-6-4-9/h10H,3-7H2,1-2H3. The maximum atomic E-state index is 9.06. The van der Waals surface area contributed by atoms with Crippen LogP contribution in [-0.2, 0) is 4.74 Å². The Morgan fingerprint density at radius 3 is 2.36 bits per heavy atom. The monoisotopic (exact) mass is 159 g/mol. The molecule has 1 fully saturated rings. The van der Waals surface area contributed by atoms with Gasteiger partial charge in [-0.1, -0.05) is 0 Å². The molecule has 1 N–H and O–H groups in total. The fourth-order valence-electron chi connectivity index (χ4n) is 1.27. The van der Waals surface area contributed by atoms with Gasteiger partial charge in [0.25, 0.3) is 0 Å². The van der Waals surface area contributed by atoms with E-state index >= 15 is 0 Å². The van der Waals surface area contributed by atoms with Gasteiger partial charge in [-0.15, -0.1) is 0 Å². The lowest BCUT2D eigenvalue weighted by atomic mass is 10.0. The van der Waals surface area contributed by atoms with Crippen molar-refractivity contribution < 1.29 is 9.84 Å². The second-order valence-electron chi connectivity index (χ2n) is 3.57. The van der Waals surface area contributed by atoms with E-state index in [0.717, 1.165) is 26.3 Å². The molecule has 0 bridgehead atoms. The molecule has 1 saturated heterocycles. The summed E-state index contributed by atoms with van der Waals surface area (Å²) in [5.41, 5.74) is -0.0796. The lowest BCUT2D eigenvalue weighted by Crippen LogP contribution is -2.51. The lowest BCUT2D eigenvalue weighted by Gasteiger charge is -2.39. The SMILES string of the molecule is CC(C)(CO)N1CCOCC1. The van der Waals surface area contributed by atoms with Crippen molar-refractivity contribution in [2.45, 2.75) is 19.4 Å². The number of rotatable bonds is 2. The normalized spacial score (nSPS) is 22.1. The molecule has 1 aliphatic rings. The number of aliphatic hydroxyl groups is 1. The molecular weight excluding hydrogens is 142 g/mol. The summed E-state index contributed by atoms with van der Waals surface area (Å²) in [6, 6.07) is 0. The summed E-state index contributed by atoms with van der Waals surface area (Å²) in [7, 11) is 0. The second-order valence-corrected chi connectivity index (χ2v) is 3.57. The molecule has 0 unspecified atom stereocenters. The zero-order chi connectivity index (χ0) is 8.32. The summed E-state index contributed by atoms with van der Waals surface area (Å²) in [4.78, 5) is 2.26. The number of hydrogen-bond acceptors (Lipinski definition) is 3. The van der Waals surface area contributed by atoms with Crippen LogP contribution >= 0.6 is 0 Å². The minimum atomic E-state index is -0.0796. The Balaban J connectivity index is 2.43. The third kappa shape index (κ3) is 2.15. The van der Waals surface area contributed by atoms with Crippen LogP contribution < -0.4 is 0 Å². The largest absolute Gasteiger partial charge is 0.394 e. The van der Waals surface area contributed by atoms with Crippen LogP contribution in [0.5, 0.6) is 0 Å². The number of ether oxygens (including phenoxy) is 1. The van der Waals surface area contributed by atoms with Crippen LogP contribution in [0.25, 0.3) is 0 Å². The molecule has 0 aromatic carbocycles. The summed E-state index contributed by atoms with van der Waals surface area (Å²) < 4.78 is 5.22. The molecule has 11 heavy (non-hydrogen) atoms. The topological polar surface area (TPSA) is 32.7 Å². The molecule has 0 amide bonds. The lowest BCUT2D eigenvalue weighted by molar-refractivity contribution is -0.0289. The number of morpholine rings is 1. The zero-order valence-corrected chi connectivity index (χ0v) is 7.34. The van der Waals surface area contributed by atoms with Gasteiger partial charge in [-0.3, -0.25) is 4.90 Å². The van der Waals surface area contributed by atoms with Crippen LogP contribution in [0.2, 0.25) is 0 Å². The van der Waals surface area contributed by atoms with Gasteiger partial charge in [-0.05, 0) is 13.8 Å². The first-order valence-corrected chi connectivity index (χ1v) is 4.10. The molecule has 1 rings (SSSR count). The molecule has 0 atom stereocenters. The van der Waals surface area contributed by atoms with Crippen LogP contribution in [0.1, 0.15) is 13.8 Å². The van der Waals surface area contributed by atoms with Crippen molar-refractivity contribution in [2.75, 3.05) is 32.9 Å². The van der Waals surface area contributed by atoms with Gasteiger partial charge in [-0.2, -0.15) is 0 Å². The molecule has 1 heterocycles. The third-order valence-corrected chi connectivity index (χ3v) is 2.25. The Kier molecular flexibility index (Phi) is 2.87. The summed E-state index contributed by atoms with van der Waals surface area (Å²) in [5, 5.41) is 9.06. The predicted octanol–water partition coefficient (Wildman–Crippen LogP) is 0.0895. The van der Waals surface area contributed by atoms with E-state index in [4.69, 9.17) is 9.84 Å². The van der Waals surface area contributed by atoms with Crippen molar-refractivity contribution in [1.82, 2.24) is 4.90 Å². The van der Waals surface area contributed by atoms with Gasteiger partial charge in [0.1, 0.15) is 0 Å². The summed E-state index contributed by atoms with van der Waals surface area (Å²) in [6.45, 7) is 7.79. The Bertz CT molecular complexity index is 119. The average Bonchev–Trinajstić information content (AvgIpc) is 2.06. The fourth-order valence-corrected chi connectivity index (χ4v) is 1.27. The second kappa shape index (κ2) is 3.52. The molecule has 1 aliphatic heterocycles. The third-order valence-electron chi connectivity index (χ3n) is 2.25. The highest BCUT2D eigenvalue weighted by Crippen LogP contribution is 2.14. The molecule has 0 aliphatic carbocycles. The van der Waals surface area contributed by atoms with E-state index in [-0.39, 0.29) is 12.1 Å². The molecule has 0 aromatic heterocycles. The van der Waals surface area contributed by atoms with Gasteiger partial charge in [0, 0.05) is 18.6 Å². The quantitative estimate of drug-likeness (QED) is 0.620. The van der Waals surface area contributed by atoms with Crippen LogP contribution in [0.4, 0.5) is 0 Å². The highest BCUT2D eigenvalue weighted by atomic mass is 16.5. The summed E-state index contributed by atoms with van der Waals surface area (Å²) in [5.74, 6) is 0. The maximum absolute atomic E-state index is 9.06. The molecule has 0 radical (unpaired) electrons. The first-order valence-electron chi connectivity index (χ1n) is 4.10. The van der Waals surface area contributed by atoms with Crippen LogP contribution in [0, 0.1) is 0 Å². The van der Waals surface area contributed by atoms with Crippen molar-refractivity contribution in [3.8, 4) is 0 Å². The molecular formula is C8H17NO2. The summed E-state index contributed by atoms with van der Waals surface area (Å²) in [6.07, 6.45) is 0. The Labute approximate surface area is 68.0 Å². The highest BCUT2D eigenvalue weighted by molar-refractivity contribution is 4.81. The number of aliphatic hydroxyl groups excluding tert-OH is 1. The van der Waals surface area contributed by atoms with Crippen molar-refractivity contribution in [1.29, 1.82) is 0 Å². The van der Waals surface area contributed by atoms with Crippen molar-refractivity contribution in [3.05, 3.63) is 0 Å². The first kappa shape index (κ1) is 8.97. The molecule has 3 nitrogen and oxygen atoms in total. The summed E-state index contributed by atoms with van der Waals surface area (Å²) >= 11 is 0. The highest BCUT2D eigenvalue weighted by Gasteiger charge is 2.26. The van der Waals surface area contributed by atoms with Crippen LogP contribution in [-0.4, -0.2) is 48.5 Å². The van der Waals surface area contributed by atoms with E-state index in [2.05, 4.69) is 18.7 Å².